The Morgan fingerprint density at radius 1 is 1.29 bits per heavy atom. The molecular formula is C18H20F2O4. The van der Waals surface area contributed by atoms with Crippen molar-refractivity contribution >= 4 is 5.97 Å². The van der Waals surface area contributed by atoms with Gasteiger partial charge in [-0.15, -0.1) is 0 Å². The molecule has 0 aromatic heterocycles. The molecule has 3 N–H and O–H groups in total. The van der Waals surface area contributed by atoms with Crippen molar-refractivity contribution in [2.24, 2.45) is 5.92 Å². The van der Waals surface area contributed by atoms with Gasteiger partial charge < -0.3 is 15.3 Å². The van der Waals surface area contributed by atoms with E-state index < -0.39 is 34.9 Å². The number of rotatable bonds is 4. The Morgan fingerprint density at radius 3 is 2.29 bits per heavy atom. The van der Waals surface area contributed by atoms with Crippen LogP contribution < -0.4 is 0 Å². The van der Waals surface area contributed by atoms with Gasteiger partial charge in [0.25, 0.3) is 0 Å². The van der Waals surface area contributed by atoms with Crippen LogP contribution in [0.3, 0.4) is 0 Å². The molecule has 24 heavy (non-hydrogen) atoms. The van der Waals surface area contributed by atoms with E-state index in [1.807, 2.05) is 19.9 Å². The van der Waals surface area contributed by atoms with E-state index in [0.717, 1.165) is 24.0 Å². The van der Waals surface area contributed by atoms with E-state index >= 15 is 0 Å². The summed E-state index contributed by atoms with van der Waals surface area (Å²) in [7, 11) is 0. The highest BCUT2D eigenvalue weighted by Crippen LogP contribution is 2.47. The number of phenolic OH excluding ortho intramolecular Hbond substituents is 2. The van der Waals surface area contributed by atoms with Gasteiger partial charge in [0.1, 0.15) is 11.5 Å². The van der Waals surface area contributed by atoms with Crippen molar-refractivity contribution in [3.63, 3.8) is 0 Å². The topological polar surface area (TPSA) is 77.8 Å². The highest BCUT2D eigenvalue weighted by Gasteiger charge is 2.42. The number of aromatic hydroxyl groups is 2. The lowest BCUT2D eigenvalue weighted by Crippen LogP contribution is -2.25. The van der Waals surface area contributed by atoms with Crippen LogP contribution in [0.25, 0.3) is 0 Å². The summed E-state index contributed by atoms with van der Waals surface area (Å²) in [5, 5.41) is 29.0. The summed E-state index contributed by atoms with van der Waals surface area (Å²) in [4.78, 5) is 10.7. The fourth-order valence-electron chi connectivity index (χ4n) is 3.18. The molecule has 0 spiro atoms. The van der Waals surface area contributed by atoms with Gasteiger partial charge in [-0.2, -0.15) is 8.78 Å². The quantitative estimate of drug-likeness (QED) is 0.716. The third-order valence-electron chi connectivity index (χ3n) is 4.48. The summed E-state index contributed by atoms with van der Waals surface area (Å²) in [5.74, 6) is -8.08. The van der Waals surface area contributed by atoms with Crippen LogP contribution in [0.5, 0.6) is 11.5 Å². The van der Waals surface area contributed by atoms with Gasteiger partial charge in [-0.25, -0.2) is 4.79 Å². The van der Waals surface area contributed by atoms with Crippen molar-refractivity contribution in [1.29, 1.82) is 0 Å². The van der Waals surface area contributed by atoms with Crippen LogP contribution in [0.4, 0.5) is 8.78 Å². The fourth-order valence-corrected chi connectivity index (χ4v) is 3.18. The van der Waals surface area contributed by atoms with Crippen molar-refractivity contribution in [1.82, 2.24) is 0 Å². The molecule has 130 valence electrons. The number of hydrogen-bond acceptors (Lipinski definition) is 3. The lowest BCUT2D eigenvalue weighted by Gasteiger charge is -2.31. The van der Waals surface area contributed by atoms with Gasteiger partial charge in [0.05, 0.1) is 0 Å². The molecule has 2 atom stereocenters. The Hall–Kier alpha value is -2.37. The molecule has 0 saturated heterocycles. The highest BCUT2D eigenvalue weighted by atomic mass is 19.3. The van der Waals surface area contributed by atoms with Crippen molar-refractivity contribution < 1.29 is 28.9 Å². The maximum absolute atomic E-state index is 13.6. The molecular weight excluding hydrogens is 318 g/mol. The second-order valence-electron chi connectivity index (χ2n) is 6.34. The van der Waals surface area contributed by atoms with Gasteiger partial charge >= 0.3 is 11.9 Å². The Bertz CT molecular complexity index is 699. The van der Waals surface area contributed by atoms with Gasteiger partial charge in [0, 0.05) is 17.0 Å². The molecule has 0 radical (unpaired) electrons. The number of carboxylic acids is 1. The summed E-state index contributed by atoms with van der Waals surface area (Å²) < 4.78 is 27.3. The van der Waals surface area contributed by atoms with E-state index in [0.29, 0.717) is 12.1 Å². The number of allylic oxidation sites excluding steroid dienone is 3. The third kappa shape index (κ3) is 3.13. The van der Waals surface area contributed by atoms with Gasteiger partial charge in [-0.3, -0.25) is 0 Å². The van der Waals surface area contributed by atoms with Crippen LogP contribution in [0.2, 0.25) is 0 Å². The van der Waals surface area contributed by atoms with Crippen LogP contribution in [0.1, 0.15) is 43.7 Å². The van der Waals surface area contributed by atoms with Crippen LogP contribution in [0, 0.1) is 5.92 Å². The van der Waals surface area contributed by atoms with Crippen LogP contribution in [0.15, 0.2) is 35.9 Å². The fraction of sp³-hybridized carbons (Fsp3) is 0.389. The van der Waals surface area contributed by atoms with E-state index in [9.17, 15) is 23.8 Å². The Kier molecular flexibility index (Phi) is 4.69. The Morgan fingerprint density at radius 2 is 1.83 bits per heavy atom. The molecule has 1 aliphatic carbocycles. The van der Waals surface area contributed by atoms with E-state index in [-0.39, 0.29) is 11.5 Å². The normalized spacial score (nSPS) is 21.2. The van der Waals surface area contributed by atoms with Gasteiger partial charge in [-0.05, 0) is 44.7 Å². The molecule has 0 unspecified atom stereocenters. The molecule has 0 amide bonds. The van der Waals surface area contributed by atoms with E-state index in [4.69, 9.17) is 5.11 Å². The van der Waals surface area contributed by atoms with Gasteiger partial charge in [0.2, 0.25) is 0 Å². The molecule has 1 aliphatic rings. The number of alkyl halides is 2. The van der Waals surface area contributed by atoms with E-state index in [2.05, 4.69) is 6.58 Å². The molecule has 0 heterocycles. The first kappa shape index (κ1) is 18.0. The second kappa shape index (κ2) is 6.26. The maximum Gasteiger partial charge on any atom is 0.379 e. The van der Waals surface area contributed by atoms with Crippen molar-refractivity contribution in [3.05, 3.63) is 47.1 Å². The van der Waals surface area contributed by atoms with Crippen molar-refractivity contribution in [3.8, 4) is 11.5 Å². The monoisotopic (exact) mass is 338 g/mol. The van der Waals surface area contributed by atoms with Crippen molar-refractivity contribution in [2.45, 2.75) is 38.5 Å². The zero-order chi connectivity index (χ0) is 18.2. The Balaban J connectivity index is 2.57. The average Bonchev–Trinajstić information content (AvgIpc) is 2.45. The number of carbonyl (C=O) groups is 1. The molecule has 2 rings (SSSR count). The third-order valence-corrected chi connectivity index (χ3v) is 4.48. The number of aliphatic carboxylic acids is 1. The average molecular weight is 338 g/mol. The predicted octanol–water partition coefficient (Wildman–Crippen LogP) is 4.29. The van der Waals surface area contributed by atoms with Gasteiger partial charge in [-0.1, -0.05) is 23.8 Å². The molecule has 0 saturated carbocycles. The van der Waals surface area contributed by atoms with Crippen molar-refractivity contribution in [2.75, 3.05) is 0 Å². The lowest BCUT2D eigenvalue weighted by molar-refractivity contribution is -0.166. The molecule has 0 aliphatic heterocycles. The minimum atomic E-state index is -4.19. The molecule has 0 fully saturated rings. The molecule has 1 aromatic carbocycles. The van der Waals surface area contributed by atoms with Gasteiger partial charge in [0.15, 0.2) is 0 Å². The Labute approximate surface area is 138 Å². The SMILES string of the molecule is C=C(C)[C@@H]1CCC(C)=C[C@H]1c1c(O)cc(C(F)(F)C(=O)O)cc1O. The predicted molar refractivity (Wildman–Crippen MR) is 85.3 cm³/mol. The number of phenols is 2. The number of hydrogen-bond donors (Lipinski definition) is 3. The molecule has 1 aromatic rings. The minimum Gasteiger partial charge on any atom is -0.507 e. The summed E-state index contributed by atoms with van der Waals surface area (Å²) >= 11 is 0. The number of carboxylic acid groups (broad SMARTS) is 1. The first-order chi connectivity index (χ1) is 11.1. The van der Waals surface area contributed by atoms with E-state index in [1.165, 1.54) is 0 Å². The standard InChI is InChI=1S/C18H20F2O4/c1-9(2)12-5-4-10(3)6-13(12)16-14(21)7-11(8-15(16)22)18(19,20)17(23)24/h6-8,12-13,21-22H,1,4-5H2,2-3H3,(H,23,24)/t12-,13+/m0/s1. The van der Waals surface area contributed by atoms with Crippen LogP contribution >= 0.6 is 0 Å². The highest BCUT2D eigenvalue weighted by molar-refractivity contribution is 5.78. The second-order valence-corrected chi connectivity index (χ2v) is 6.34. The number of halogens is 2. The lowest BCUT2D eigenvalue weighted by atomic mass is 9.73. The largest absolute Gasteiger partial charge is 0.507 e. The number of benzene rings is 1. The zero-order valence-electron chi connectivity index (χ0n) is 13.5. The van der Waals surface area contributed by atoms with E-state index in [1.54, 1.807) is 0 Å². The summed E-state index contributed by atoms with van der Waals surface area (Å²) in [6.45, 7) is 7.69. The minimum absolute atomic E-state index is 0.0451. The van der Waals surface area contributed by atoms with Crippen LogP contribution in [-0.4, -0.2) is 21.3 Å². The maximum atomic E-state index is 13.6. The molecule has 0 bridgehead atoms. The summed E-state index contributed by atoms with van der Waals surface area (Å²) in [6, 6.07) is 1.41. The molecule has 6 heteroatoms. The molecule has 4 nitrogen and oxygen atoms in total. The first-order valence-corrected chi connectivity index (χ1v) is 7.56. The zero-order valence-corrected chi connectivity index (χ0v) is 13.5. The first-order valence-electron chi connectivity index (χ1n) is 7.56. The summed E-state index contributed by atoms with van der Waals surface area (Å²) in [6.07, 6.45) is 3.51. The smallest absolute Gasteiger partial charge is 0.379 e. The summed E-state index contributed by atoms with van der Waals surface area (Å²) in [5.41, 5.74) is 1.09. The van der Waals surface area contributed by atoms with Crippen LogP contribution in [-0.2, 0) is 10.7 Å².